The average molecular weight is 412 g/mol. The van der Waals surface area contributed by atoms with E-state index in [2.05, 4.69) is 21.5 Å². The number of nitrogens with two attached hydrogens (primary N) is 1. The quantitative estimate of drug-likeness (QED) is 0.327. The minimum Gasteiger partial charge on any atom is -0.383 e. The molecule has 0 aliphatic heterocycles. The minimum atomic E-state index is 0.240. The Labute approximate surface area is 176 Å². The standard InChI is InChI=1S/C21H29N7O2/c1-5-17-15(2)26-28-19(23)18(13-22)20(25-21(17)28)24-9-8-16(14-29)7-6-10-27(3)11-12-30-4/h6-7,10,14H,5,8-9,11-12,23H2,1-4H3,(H,24,25)/b10-6-,16-7-. The molecule has 9 nitrogen and oxygen atoms in total. The lowest BCUT2D eigenvalue weighted by atomic mass is 10.2. The highest BCUT2D eigenvalue weighted by Crippen LogP contribution is 2.25. The van der Waals surface area contributed by atoms with Crippen molar-refractivity contribution >= 4 is 23.6 Å². The fraction of sp³-hybridized carbons (Fsp3) is 0.429. The number of aryl methyl sites for hydroxylation is 2. The predicted molar refractivity (Wildman–Crippen MR) is 117 cm³/mol. The third-order valence-electron chi connectivity index (χ3n) is 4.72. The SMILES string of the molecule is CCc1c(C)nn2c(N)c(C#N)c(NCC/C(C=O)=C/C=C\N(C)CCOC)nc12. The van der Waals surface area contributed by atoms with Crippen molar-refractivity contribution in [1.82, 2.24) is 19.5 Å². The molecule has 0 spiro atoms. The van der Waals surface area contributed by atoms with E-state index >= 15 is 0 Å². The highest BCUT2D eigenvalue weighted by molar-refractivity contribution is 5.74. The predicted octanol–water partition coefficient (Wildman–Crippen LogP) is 2.07. The number of likely N-dealkylation sites (N-methyl/N-ethyl adjacent to an activating group) is 1. The number of carbonyl (C=O) groups excluding carboxylic acids is 1. The number of nitrogens with one attached hydrogen (secondary N) is 1. The van der Waals surface area contributed by atoms with E-state index in [1.54, 1.807) is 13.2 Å². The van der Waals surface area contributed by atoms with Gasteiger partial charge in [0.05, 0.1) is 12.3 Å². The number of nitrogen functional groups attached to an aromatic ring is 1. The zero-order chi connectivity index (χ0) is 22.1. The van der Waals surface area contributed by atoms with Gasteiger partial charge in [-0.3, -0.25) is 4.79 Å². The van der Waals surface area contributed by atoms with E-state index in [0.29, 0.717) is 36.6 Å². The zero-order valence-corrected chi connectivity index (χ0v) is 18.0. The van der Waals surface area contributed by atoms with E-state index in [-0.39, 0.29) is 11.4 Å². The number of ether oxygens (including phenoxy) is 1. The van der Waals surface area contributed by atoms with E-state index in [0.717, 1.165) is 30.5 Å². The number of aldehydes is 1. The summed E-state index contributed by atoms with van der Waals surface area (Å²) in [5.74, 6) is 0.651. The second-order valence-electron chi connectivity index (χ2n) is 6.84. The molecule has 0 bridgehead atoms. The van der Waals surface area contributed by atoms with Gasteiger partial charge < -0.3 is 20.7 Å². The fourth-order valence-corrected chi connectivity index (χ4v) is 3.00. The van der Waals surface area contributed by atoms with Crippen LogP contribution in [0.2, 0.25) is 0 Å². The topological polar surface area (TPSA) is 122 Å². The summed E-state index contributed by atoms with van der Waals surface area (Å²) in [6, 6.07) is 2.10. The van der Waals surface area contributed by atoms with Crippen molar-refractivity contribution in [1.29, 1.82) is 5.26 Å². The van der Waals surface area contributed by atoms with Crippen molar-refractivity contribution in [2.75, 3.05) is 44.9 Å². The number of nitrogens with zero attached hydrogens (tertiary/aromatic N) is 5. The summed E-state index contributed by atoms with van der Waals surface area (Å²) in [7, 11) is 3.59. The minimum absolute atomic E-state index is 0.240. The monoisotopic (exact) mass is 411 g/mol. The van der Waals surface area contributed by atoms with Gasteiger partial charge in [0.25, 0.3) is 0 Å². The number of fused-ring (bicyclic) bond motifs is 1. The largest absolute Gasteiger partial charge is 0.383 e. The van der Waals surface area contributed by atoms with Crippen molar-refractivity contribution < 1.29 is 9.53 Å². The fourth-order valence-electron chi connectivity index (χ4n) is 3.00. The lowest BCUT2D eigenvalue weighted by Crippen LogP contribution is -2.16. The Balaban J connectivity index is 2.12. The molecule has 2 rings (SSSR count). The normalized spacial score (nSPS) is 11.8. The maximum Gasteiger partial charge on any atom is 0.163 e. The number of nitriles is 1. The van der Waals surface area contributed by atoms with Crippen molar-refractivity contribution in [2.24, 2.45) is 0 Å². The van der Waals surface area contributed by atoms with E-state index in [1.807, 2.05) is 38.1 Å². The Morgan fingerprint density at radius 2 is 2.23 bits per heavy atom. The van der Waals surface area contributed by atoms with Crippen LogP contribution in [0.4, 0.5) is 11.6 Å². The number of anilines is 2. The third-order valence-corrected chi connectivity index (χ3v) is 4.72. The van der Waals surface area contributed by atoms with Crippen molar-refractivity contribution in [3.8, 4) is 6.07 Å². The summed E-state index contributed by atoms with van der Waals surface area (Å²) >= 11 is 0. The molecule has 0 atom stereocenters. The lowest BCUT2D eigenvalue weighted by Gasteiger charge is -2.12. The molecular formula is C21H29N7O2. The molecule has 0 radical (unpaired) electrons. The van der Waals surface area contributed by atoms with Gasteiger partial charge in [0.15, 0.2) is 5.65 Å². The zero-order valence-electron chi connectivity index (χ0n) is 18.0. The van der Waals surface area contributed by atoms with Crippen LogP contribution in [0.3, 0.4) is 0 Å². The van der Waals surface area contributed by atoms with E-state index in [4.69, 9.17) is 10.5 Å². The summed E-state index contributed by atoms with van der Waals surface area (Å²) in [5.41, 5.74) is 9.50. The maximum atomic E-state index is 11.4. The smallest absolute Gasteiger partial charge is 0.163 e. The molecule has 2 aromatic rings. The summed E-state index contributed by atoms with van der Waals surface area (Å²) < 4.78 is 6.54. The molecule has 2 aromatic heterocycles. The van der Waals surface area contributed by atoms with Crippen LogP contribution in [0.25, 0.3) is 5.65 Å². The Kier molecular flexibility index (Phi) is 8.38. The number of rotatable bonds is 11. The van der Waals surface area contributed by atoms with Gasteiger partial charge >= 0.3 is 0 Å². The van der Waals surface area contributed by atoms with Gasteiger partial charge in [-0.05, 0) is 37.6 Å². The molecule has 160 valence electrons. The van der Waals surface area contributed by atoms with E-state index in [1.165, 1.54) is 4.52 Å². The van der Waals surface area contributed by atoms with Gasteiger partial charge in [-0.1, -0.05) is 13.0 Å². The molecule has 0 fully saturated rings. The number of allylic oxidation sites excluding steroid dienone is 2. The molecule has 0 aliphatic carbocycles. The van der Waals surface area contributed by atoms with E-state index in [9.17, 15) is 10.1 Å². The van der Waals surface area contributed by atoms with E-state index < -0.39 is 0 Å². The average Bonchev–Trinajstić information content (AvgIpc) is 3.06. The van der Waals surface area contributed by atoms with Gasteiger partial charge in [-0.2, -0.15) is 14.9 Å². The summed E-state index contributed by atoms with van der Waals surface area (Å²) in [5, 5.41) is 17.1. The number of aromatic nitrogens is 3. The van der Waals surface area contributed by atoms with Crippen LogP contribution in [0.5, 0.6) is 0 Å². The number of hydrogen-bond donors (Lipinski definition) is 2. The summed E-state index contributed by atoms with van der Waals surface area (Å²) in [6.45, 7) is 5.75. The van der Waals surface area contributed by atoms with Crippen LogP contribution in [0.1, 0.15) is 30.2 Å². The molecule has 0 saturated carbocycles. The highest BCUT2D eigenvalue weighted by atomic mass is 16.5. The molecule has 0 aromatic carbocycles. The van der Waals surface area contributed by atoms with Gasteiger partial charge in [-0.15, -0.1) is 0 Å². The Morgan fingerprint density at radius 3 is 2.87 bits per heavy atom. The van der Waals surface area contributed by atoms with Crippen LogP contribution in [-0.4, -0.2) is 59.6 Å². The number of hydrogen-bond acceptors (Lipinski definition) is 8. The second-order valence-corrected chi connectivity index (χ2v) is 6.84. The van der Waals surface area contributed by atoms with Gasteiger partial charge in [0, 0.05) is 32.8 Å². The van der Waals surface area contributed by atoms with Gasteiger partial charge in [0.2, 0.25) is 0 Å². The molecule has 9 heteroatoms. The number of carbonyl (C=O) groups is 1. The van der Waals surface area contributed by atoms with Crippen LogP contribution in [-0.2, 0) is 16.0 Å². The Morgan fingerprint density at radius 1 is 1.47 bits per heavy atom. The molecule has 0 saturated heterocycles. The molecule has 30 heavy (non-hydrogen) atoms. The second kappa shape index (κ2) is 11.0. The first-order valence-corrected chi connectivity index (χ1v) is 9.80. The molecule has 0 amide bonds. The molecule has 2 heterocycles. The van der Waals surface area contributed by atoms with Crippen molar-refractivity contribution in [2.45, 2.75) is 26.7 Å². The highest BCUT2D eigenvalue weighted by Gasteiger charge is 2.18. The molecular weight excluding hydrogens is 382 g/mol. The first-order valence-electron chi connectivity index (χ1n) is 9.80. The van der Waals surface area contributed by atoms with Crippen LogP contribution in [0.15, 0.2) is 23.9 Å². The van der Waals surface area contributed by atoms with Crippen LogP contribution >= 0.6 is 0 Å². The van der Waals surface area contributed by atoms with Crippen LogP contribution in [0, 0.1) is 18.3 Å². The molecule has 0 unspecified atom stereocenters. The number of methoxy groups -OCH3 is 1. The summed E-state index contributed by atoms with van der Waals surface area (Å²) in [6.07, 6.45) is 7.54. The van der Waals surface area contributed by atoms with Crippen molar-refractivity contribution in [3.63, 3.8) is 0 Å². The van der Waals surface area contributed by atoms with Crippen LogP contribution < -0.4 is 11.1 Å². The first kappa shape index (κ1) is 22.9. The Hall–Kier alpha value is -3.38. The summed E-state index contributed by atoms with van der Waals surface area (Å²) in [4.78, 5) is 17.9. The van der Waals surface area contributed by atoms with Crippen molar-refractivity contribution in [3.05, 3.63) is 40.7 Å². The molecule has 3 N–H and O–H groups in total. The van der Waals surface area contributed by atoms with Gasteiger partial charge in [-0.25, -0.2) is 4.98 Å². The first-order chi connectivity index (χ1) is 14.5. The molecule has 0 aliphatic rings. The Bertz CT molecular complexity index is 986. The lowest BCUT2D eigenvalue weighted by molar-refractivity contribution is -0.105. The third kappa shape index (κ3) is 5.36. The van der Waals surface area contributed by atoms with Gasteiger partial charge in [0.1, 0.15) is 29.6 Å². The maximum absolute atomic E-state index is 11.4.